The van der Waals surface area contributed by atoms with Crippen molar-refractivity contribution in [2.75, 3.05) is 20.6 Å². The zero-order chi connectivity index (χ0) is 18.2. The van der Waals surface area contributed by atoms with Crippen LogP contribution in [0.15, 0.2) is 26.9 Å². The molecule has 1 aliphatic rings. The van der Waals surface area contributed by atoms with Crippen LogP contribution in [0.25, 0.3) is 0 Å². The van der Waals surface area contributed by atoms with Crippen LogP contribution in [0.4, 0.5) is 4.79 Å². The van der Waals surface area contributed by atoms with Crippen molar-refractivity contribution >= 4 is 27.4 Å². The monoisotopic (exact) mass is 384 g/mol. The van der Waals surface area contributed by atoms with E-state index in [0.717, 1.165) is 12.1 Å². The van der Waals surface area contributed by atoms with E-state index in [9.17, 15) is 13.2 Å². The highest BCUT2D eigenvalue weighted by atomic mass is 32.2. The highest BCUT2D eigenvalue weighted by Crippen LogP contribution is 2.35. The number of amides is 2. The molecular weight excluding hydrogens is 364 g/mol. The largest absolute Gasteiger partial charge is 0.359 e. The van der Waals surface area contributed by atoms with Crippen molar-refractivity contribution in [2.24, 2.45) is 0 Å². The van der Waals surface area contributed by atoms with E-state index < -0.39 is 10.0 Å². The number of rotatable bonds is 4. The SMILES string of the molecule is CCc1cc(CN(C)C(=O)N[C@H]2CN(C)S(=O)(=O)c3ccsc32)on1. The van der Waals surface area contributed by atoms with Gasteiger partial charge in [-0.1, -0.05) is 12.1 Å². The average Bonchev–Trinajstić information content (AvgIpc) is 3.22. The van der Waals surface area contributed by atoms with Gasteiger partial charge in [0.25, 0.3) is 0 Å². The van der Waals surface area contributed by atoms with Crippen molar-refractivity contribution < 1.29 is 17.7 Å². The van der Waals surface area contributed by atoms with Crippen LogP contribution in [0.3, 0.4) is 0 Å². The van der Waals surface area contributed by atoms with Crippen LogP contribution >= 0.6 is 11.3 Å². The second-order valence-electron chi connectivity index (χ2n) is 5.93. The zero-order valence-corrected chi connectivity index (χ0v) is 15.9. The lowest BCUT2D eigenvalue weighted by molar-refractivity contribution is 0.194. The molecule has 136 valence electrons. The Morgan fingerprint density at radius 3 is 3.00 bits per heavy atom. The maximum Gasteiger partial charge on any atom is 0.318 e. The number of aryl methyl sites for hydroxylation is 1. The third-order valence-electron chi connectivity index (χ3n) is 4.11. The van der Waals surface area contributed by atoms with Gasteiger partial charge in [-0.25, -0.2) is 13.2 Å². The molecule has 0 saturated carbocycles. The second kappa shape index (κ2) is 6.77. The fourth-order valence-electron chi connectivity index (χ4n) is 2.66. The first-order valence-corrected chi connectivity index (χ1v) is 10.1. The van der Waals surface area contributed by atoms with Gasteiger partial charge in [0.2, 0.25) is 10.0 Å². The summed E-state index contributed by atoms with van der Waals surface area (Å²) < 4.78 is 31.0. The number of aromatic nitrogens is 1. The highest BCUT2D eigenvalue weighted by Gasteiger charge is 2.36. The lowest BCUT2D eigenvalue weighted by atomic mass is 10.2. The second-order valence-corrected chi connectivity index (χ2v) is 8.89. The van der Waals surface area contributed by atoms with Crippen LogP contribution in [0, 0.1) is 0 Å². The van der Waals surface area contributed by atoms with Crippen molar-refractivity contribution in [3.63, 3.8) is 0 Å². The van der Waals surface area contributed by atoms with Crippen molar-refractivity contribution in [3.05, 3.63) is 33.8 Å². The Hall–Kier alpha value is -1.91. The third-order valence-corrected chi connectivity index (χ3v) is 7.15. The van der Waals surface area contributed by atoms with Gasteiger partial charge in [0, 0.05) is 31.6 Å². The normalized spacial score (nSPS) is 19.4. The Labute approximate surface area is 150 Å². The molecule has 25 heavy (non-hydrogen) atoms. The Bertz CT molecular complexity index is 874. The van der Waals surface area contributed by atoms with Gasteiger partial charge in [0.1, 0.15) is 0 Å². The smallest absolute Gasteiger partial charge is 0.318 e. The lowest BCUT2D eigenvalue weighted by Gasteiger charge is -2.31. The van der Waals surface area contributed by atoms with E-state index in [1.807, 2.05) is 13.0 Å². The summed E-state index contributed by atoms with van der Waals surface area (Å²) in [7, 11) is -0.291. The predicted octanol–water partition coefficient (Wildman–Crippen LogP) is 1.82. The Balaban J connectivity index is 1.70. The number of nitrogens with one attached hydrogen (secondary N) is 1. The Morgan fingerprint density at radius 2 is 2.32 bits per heavy atom. The molecule has 1 atom stereocenters. The van der Waals surface area contributed by atoms with Crippen molar-refractivity contribution in [1.29, 1.82) is 0 Å². The number of likely N-dealkylation sites (N-methyl/N-ethyl adjacent to an activating group) is 1. The minimum absolute atomic E-state index is 0.206. The summed E-state index contributed by atoms with van der Waals surface area (Å²) in [4.78, 5) is 14.9. The third kappa shape index (κ3) is 3.42. The number of hydrogen-bond donors (Lipinski definition) is 1. The molecule has 2 aromatic heterocycles. The van der Waals surface area contributed by atoms with Gasteiger partial charge in [-0.2, -0.15) is 4.31 Å². The average molecular weight is 384 g/mol. The quantitative estimate of drug-likeness (QED) is 0.867. The molecule has 3 heterocycles. The summed E-state index contributed by atoms with van der Waals surface area (Å²) >= 11 is 1.33. The van der Waals surface area contributed by atoms with Gasteiger partial charge in [-0.15, -0.1) is 11.3 Å². The number of carbonyl (C=O) groups is 1. The molecule has 0 spiro atoms. The number of urea groups is 1. The number of nitrogens with zero attached hydrogens (tertiary/aromatic N) is 3. The Kier molecular flexibility index (Phi) is 4.85. The molecular formula is C15H20N4O4S2. The van der Waals surface area contributed by atoms with Gasteiger partial charge in [-0.05, 0) is 17.9 Å². The number of thiophene rings is 1. The molecule has 1 N–H and O–H groups in total. The van der Waals surface area contributed by atoms with E-state index in [1.165, 1.54) is 27.6 Å². The molecule has 0 aliphatic carbocycles. The molecule has 0 aromatic carbocycles. The zero-order valence-electron chi connectivity index (χ0n) is 14.2. The van der Waals surface area contributed by atoms with E-state index in [1.54, 1.807) is 18.5 Å². The molecule has 0 bridgehead atoms. The van der Waals surface area contributed by atoms with Gasteiger partial charge in [0.15, 0.2) is 5.76 Å². The molecule has 0 saturated heterocycles. The number of carbonyl (C=O) groups excluding carboxylic acids is 1. The van der Waals surface area contributed by atoms with E-state index >= 15 is 0 Å². The summed E-state index contributed by atoms with van der Waals surface area (Å²) in [6, 6.07) is 2.72. The van der Waals surface area contributed by atoms with Crippen molar-refractivity contribution in [1.82, 2.24) is 19.7 Å². The standard InChI is InChI=1S/C15H20N4O4S2/c1-4-10-7-11(23-17-10)8-18(2)15(20)16-12-9-19(3)25(21,22)13-5-6-24-14(12)13/h5-7,12H,4,8-9H2,1-3H3,(H,16,20)/t12-/m0/s1. The first kappa shape index (κ1) is 17.9. The first-order valence-electron chi connectivity index (χ1n) is 7.82. The molecule has 0 fully saturated rings. The molecule has 8 nitrogen and oxygen atoms in total. The van der Waals surface area contributed by atoms with Crippen molar-refractivity contribution in [2.45, 2.75) is 30.8 Å². The fourth-order valence-corrected chi connectivity index (χ4v) is 5.35. The molecule has 2 amide bonds. The van der Waals surface area contributed by atoms with Crippen LogP contribution in [-0.2, 0) is 23.0 Å². The minimum Gasteiger partial charge on any atom is -0.359 e. The highest BCUT2D eigenvalue weighted by molar-refractivity contribution is 7.89. The fraction of sp³-hybridized carbons (Fsp3) is 0.467. The van der Waals surface area contributed by atoms with Gasteiger partial charge in [-0.3, -0.25) is 0 Å². The topological polar surface area (TPSA) is 95.8 Å². The van der Waals surface area contributed by atoms with Crippen LogP contribution in [0.2, 0.25) is 0 Å². The summed E-state index contributed by atoms with van der Waals surface area (Å²) in [6.07, 6.45) is 0.767. The van der Waals surface area contributed by atoms with Gasteiger partial charge in [0.05, 0.1) is 23.2 Å². The van der Waals surface area contributed by atoms with Crippen LogP contribution < -0.4 is 5.32 Å². The van der Waals surface area contributed by atoms with Crippen molar-refractivity contribution in [3.8, 4) is 0 Å². The van der Waals surface area contributed by atoms with E-state index in [4.69, 9.17) is 4.52 Å². The van der Waals surface area contributed by atoms with Crippen LogP contribution in [0.1, 0.15) is 29.3 Å². The molecule has 3 rings (SSSR count). The molecule has 2 aromatic rings. The summed E-state index contributed by atoms with van der Waals surface area (Å²) in [5.74, 6) is 0.606. The summed E-state index contributed by atoms with van der Waals surface area (Å²) in [5, 5.41) is 8.53. The van der Waals surface area contributed by atoms with Gasteiger partial charge >= 0.3 is 6.03 Å². The molecule has 1 aliphatic heterocycles. The molecule has 0 unspecified atom stereocenters. The maximum absolute atomic E-state index is 12.5. The number of fused-ring (bicyclic) bond motifs is 1. The Morgan fingerprint density at radius 1 is 1.56 bits per heavy atom. The first-order chi connectivity index (χ1) is 11.8. The molecule has 10 heteroatoms. The van der Waals surface area contributed by atoms with E-state index in [0.29, 0.717) is 10.6 Å². The van der Waals surface area contributed by atoms with Gasteiger partial charge < -0.3 is 14.7 Å². The molecule has 0 radical (unpaired) electrons. The van der Waals surface area contributed by atoms with E-state index in [-0.39, 0.29) is 30.1 Å². The number of hydrogen-bond acceptors (Lipinski definition) is 6. The maximum atomic E-state index is 12.5. The summed E-state index contributed by atoms with van der Waals surface area (Å²) in [5.41, 5.74) is 0.839. The van der Waals surface area contributed by atoms with E-state index in [2.05, 4.69) is 10.5 Å². The van der Waals surface area contributed by atoms with Crippen LogP contribution in [0.5, 0.6) is 0 Å². The minimum atomic E-state index is -3.46. The predicted molar refractivity (Wildman–Crippen MR) is 92.8 cm³/mol. The summed E-state index contributed by atoms with van der Waals surface area (Å²) in [6.45, 7) is 2.47. The lowest BCUT2D eigenvalue weighted by Crippen LogP contribution is -2.46. The van der Waals surface area contributed by atoms with Crippen LogP contribution in [-0.4, -0.2) is 49.5 Å². The number of sulfonamides is 1.